The SMILES string of the molecule is CC(C)COc1ccc(C(=O)O[C@H]2CC(C)(C)OC[C@H]2C[NH+](C)C)cc1. The molecule has 1 saturated heterocycles. The minimum atomic E-state index is -0.276. The van der Waals surface area contributed by atoms with Gasteiger partial charge >= 0.3 is 5.97 Å². The number of hydrogen-bond donors (Lipinski definition) is 1. The highest BCUT2D eigenvalue weighted by atomic mass is 16.6. The zero-order chi connectivity index (χ0) is 19.3. The highest BCUT2D eigenvalue weighted by molar-refractivity contribution is 5.89. The van der Waals surface area contributed by atoms with Gasteiger partial charge in [-0.2, -0.15) is 0 Å². The molecule has 1 fully saturated rings. The number of esters is 1. The molecule has 1 aromatic rings. The summed E-state index contributed by atoms with van der Waals surface area (Å²) in [4.78, 5) is 13.9. The van der Waals surface area contributed by atoms with E-state index in [9.17, 15) is 4.79 Å². The zero-order valence-electron chi connectivity index (χ0n) is 17.0. The van der Waals surface area contributed by atoms with Crippen LogP contribution in [0.3, 0.4) is 0 Å². The normalized spacial score (nSPS) is 22.5. The van der Waals surface area contributed by atoms with Gasteiger partial charge in [0.05, 0.1) is 50.9 Å². The summed E-state index contributed by atoms with van der Waals surface area (Å²) in [6.45, 7) is 10.5. The van der Waals surface area contributed by atoms with E-state index in [1.807, 2.05) is 26.0 Å². The molecule has 0 bridgehead atoms. The van der Waals surface area contributed by atoms with Crippen LogP contribution in [0.15, 0.2) is 24.3 Å². The average Bonchev–Trinajstić information content (AvgIpc) is 2.55. The standard InChI is InChI=1S/C21H33NO4/c1-15(2)13-24-18-9-7-16(8-10-18)20(23)26-19-11-21(3,4)25-14-17(19)12-22(5)6/h7-10,15,17,19H,11-14H2,1-6H3/p+1/t17-,19+/m1/s1. The van der Waals surface area contributed by atoms with Gasteiger partial charge in [0, 0.05) is 6.42 Å². The van der Waals surface area contributed by atoms with Gasteiger partial charge in [-0.25, -0.2) is 4.79 Å². The van der Waals surface area contributed by atoms with Crippen molar-refractivity contribution in [2.45, 2.75) is 45.8 Å². The lowest BCUT2D eigenvalue weighted by atomic mass is 9.88. The van der Waals surface area contributed by atoms with Gasteiger partial charge in [0.2, 0.25) is 0 Å². The minimum absolute atomic E-state index is 0.127. The molecule has 1 N–H and O–H groups in total. The van der Waals surface area contributed by atoms with Gasteiger partial charge in [0.25, 0.3) is 0 Å². The van der Waals surface area contributed by atoms with Gasteiger partial charge in [-0.3, -0.25) is 0 Å². The van der Waals surface area contributed by atoms with Gasteiger partial charge < -0.3 is 19.1 Å². The maximum absolute atomic E-state index is 12.6. The molecule has 5 nitrogen and oxygen atoms in total. The third-order valence-electron chi connectivity index (χ3n) is 4.51. The van der Waals surface area contributed by atoms with Crippen LogP contribution in [0, 0.1) is 11.8 Å². The van der Waals surface area contributed by atoms with Crippen molar-refractivity contribution in [3.63, 3.8) is 0 Å². The van der Waals surface area contributed by atoms with Crippen LogP contribution in [-0.2, 0) is 9.47 Å². The summed E-state index contributed by atoms with van der Waals surface area (Å²) < 4.78 is 17.5. The first kappa shape index (κ1) is 20.7. The lowest BCUT2D eigenvalue weighted by Gasteiger charge is -2.40. The van der Waals surface area contributed by atoms with E-state index in [2.05, 4.69) is 27.9 Å². The summed E-state index contributed by atoms with van der Waals surface area (Å²) >= 11 is 0. The van der Waals surface area contributed by atoms with Crippen LogP contribution in [0.2, 0.25) is 0 Å². The maximum atomic E-state index is 12.6. The molecule has 0 radical (unpaired) electrons. The Balaban J connectivity index is 2.01. The Kier molecular flexibility index (Phi) is 7.07. The molecule has 1 heterocycles. The molecule has 1 aromatic carbocycles. The van der Waals surface area contributed by atoms with Crippen molar-refractivity contribution in [2.75, 3.05) is 33.9 Å². The molecule has 1 aliphatic rings. The second-order valence-electron chi connectivity index (χ2n) is 8.62. The molecule has 146 valence electrons. The highest BCUT2D eigenvalue weighted by Gasteiger charge is 2.39. The van der Waals surface area contributed by atoms with Gasteiger partial charge in [-0.05, 0) is 44.0 Å². The Morgan fingerprint density at radius 3 is 2.50 bits per heavy atom. The molecule has 26 heavy (non-hydrogen) atoms. The number of ether oxygens (including phenoxy) is 3. The molecule has 0 amide bonds. The van der Waals surface area contributed by atoms with Crippen molar-refractivity contribution >= 4 is 5.97 Å². The Labute approximate surface area is 157 Å². The molecule has 1 aliphatic heterocycles. The van der Waals surface area contributed by atoms with Crippen LogP contribution in [0.5, 0.6) is 5.75 Å². The van der Waals surface area contributed by atoms with Crippen molar-refractivity contribution in [2.24, 2.45) is 11.8 Å². The van der Waals surface area contributed by atoms with E-state index in [0.29, 0.717) is 31.1 Å². The summed E-state index contributed by atoms with van der Waals surface area (Å²) in [6, 6.07) is 7.20. The maximum Gasteiger partial charge on any atom is 0.338 e. The fraction of sp³-hybridized carbons (Fsp3) is 0.667. The molecular formula is C21H34NO4+. The zero-order valence-corrected chi connectivity index (χ0v) is 17.0. The lowest BCUT2D eigenvalue weighted by Crippen LogP contribution is -3.07. The van der Waals surface area contributed by atoms with Crippen LogP contribution in [0.4, 0.5) is 0 Å². The van der Waals surface area contributed by atoms with E-state index in [1.165, 1.54) is 4.90 Å². The van der Waals surface area contributed by atoms with Gasteiger partial charge in [0.1, 0.15) is 11.9 Å². The number of hydrogen-bond acceptors (Lipinski definition) is 4. The van der Waals surface area contributed by atoms with Gasteiger partial charge in [-0.15, -0.1) is 0 Å². The second kappa shape index (κ2) is 8.87. The number of rotatable bonds is 7. The van der Waals surface area contributed by atoms with E-state index in [1.54, 1.807) is 12.1 Å². The second-order valence-corrected chi connectivity index (χ2v) is 8.62. The molecule has 2 atom stereocenters. The number of benzene rings is 1. The smallest absolute Gasteiger partial charge is 0.338 e. The van der Waals surface area contributed by atoms with E-state index in [4.69, 9.17) is 14.2 Å². The van der Waals surface area contributed by atoms with Gasteiger partial charge in [-0.1, -0.05) is 13.8 Å². The Bertz CT molecular complexity index is 580. The Morgan fingerprint density at radius 1 is 1.27 bits per heavy atom. The summed E-state index contributed by atoms with van der Waals surface area (Å²) in [5.41, 5.74) is 0.291. The topological polar surface area (TPSA) is 49.2 Å². The average molecular weight is 365 g/mol. The third kappa shape index (κ3) is 6.29. The van der Waals surface area contributed by atoms with Crippen molar-refractivity contribution in [1.29, 1.82) is 0 Å². The largest absolute Gasteiger partial charge is 0.493 e. The molecule has 0 unspecified atom stereocenters. The monoisotopic (exact) mass is 364 g/mol. The van der Waals surface area contributed by atoms with Crippen molar-refractivity contribution in [1.82, 2.24) is 0 Å². The van der Waals surface area contributed by atoms with E-state index in [0.717, 1.165) is 12.3 Å². The Hall–Kier alpha value is -1.59. The van der Waals surface area contributed by atoms with Crippen LogP contribution in [0.25, 0.3) is 0 Å². The molecule has 0 aliphatic carbocycles. The Morgan fingerprint density at radius 2 is 1.92 bits per heavy atom. The first-order valence-electron chi connectivity index (χ1n) is 9.53. The summed E-state index contributed by atoms with van der Waals surface area (Å²) in [5, 5.41) is 0. The number of carbonyl (C=O) groups excluding carboxylic acids is 1. The van der Waals surface area contributed by atoms with Crippen LogP contribution in [-0.4, -0.2) is 51.5 Å². The summed E-state index contributed by atoms with van der Waals surface area (Å²) in [7, 11) is 4.21. The fourth-order valence-electron chi connectivity index (χ4n) is 3.16. The van der Waals surface area contributed by atoms with Crippen LogP contribution < -0.4 is 9.64 Å². The molecular weight excluding hydrogens is 330 g/mol. The van der Waals surface area contributed by atoms with E-state index in [-0.39, 0.29) is 23.6 Å². The van der Waals surface area contributed by atoms with Crippen molar-refractivity contribution in [3.05, 3.63) is 29.8 Å². The first-order chi connectivity index (χ1) is 12.2. The molecule has 0 spiro atoms. The molecule has 5 heteroatoms. The minimum Gasteiger partial charge on any atom is -0.493 e. The van der Waals surface area contributed by atoms with Crippen LogP contribution in [0.1, 0.15) is 44.5 Å². The van der Waals surface area contributed by atoms with E-state index >= 15 is 0 Å². The quantitative estimate of drug-likeness (QED) is 0.754. The summed E-state index contributed by atoms with van der Waals surface area (Å²) in [6.07, 6.45) is 0.588. The van der Waals surface area contributed by atoms with Crippen molar-refractivity contribution in [3.8, 4) is 5.75 Å². The predicted molar refractivity (Wildman–Crippen MR) is 102 cm³/mol. The fourth-order valence-corrected chi connectivity index (χ4v) is 3.16. The lowest BCUT2D eigenvalue weighted by molar-refractivity contribution is -0.863. The number of carbonyl (C=O) groups is 1. The first-order valence-corrected chi connectivity index (χ1v) is 9.53. The third-order valence-corrected chi connectivity index (χ3v) is 4.51. The molecule has 2 rings (SSSR count). The van der Waals surface area contributed by atoms with Gasteiger partial charge in [0.15, 0.2) is 0 Å². The van der Waals surface area contributed by atoms with Crippen molar-refractivity contribution < 1.29 is 23.9 Å². The number of quaternary nitrogens is 1. The number of nitrogens with one attached hydrogen (secondary N) is 1. The summed E-state index contributed by atoms with van der Waals surface area (Å²) in [5.74, 6) is 1.18. The van der Waals surface area contributed by atoms with Crippen LogP contribution >= 0.6 is 0 Å². The van der Waals surface area contributed by atoms with E-state index < -0.39 is 0 Å². The predicted octanol–water partition coefficient (Wildman–Crippen LogP) is 2.21. The molecule has 0 saturated carbocycles. The highest BCUT2D eigenvalue weighted by Crippen LogP contribution is 2.30. The molecule has 0 aromatic heterocycles.